The quantitative estimate of drug-likeness (QED) is 0.0439. The fourth-order valence-corrected chi connectivity index (χ4v) is 16.2. The summed E-state index contributed by atoms with van der Waals surface area (Å²) < 4.78 is 99.4. The number of ether oxygens (including phenoxy) is 3. The van der Waals surface area contributed by atoms with E-state index in [-0.39, 0.29) is 18.1 Å². The van der Waals surface area contributed by atoms with Crippen molar-refractivity contribution < 1.29 is 39.5 Å². The van der Waals surface area contributed by atoms with Crippen LogP contribution in [0, 0.1) is 20.8 Å². The highest BCUT2D eigenvalue weighted by atomic mass is 32.2. The number of nitrogens with zero attached hydrogens (tertiary/aromatic N) is 3. The molecule has 6 aromatic rings. The van der Waals surface area contributed by atoms with Crippen LogP contribution in [-0.2, 0) is 44.3 Å². The van der Waals surface area contributed by atoms with Crippen molar-refractivity contribution in [2.45, 2.75) is 144 Å². The normalized spacial score (nSPS) is 17.5. The van der Waals surface area contributed by atoms with Crippen LogP contribution in [0.3, 0.4) is 0 Å². The van der Waals surface area contributed by atoms with Gasteiger partial charge in [-0.1, -0.05) is 136 Å². The molecule has 6 aromatic carbocycles. The van der Waals surface area contributed by atoms with Crippen LogP contribution < -0.4 is 28.9 Å². The molecule has 3 heterocycles. The Morgan fingerprint density at radius 1 is 0.372 bits per heavy atom. The lowest BCUT2D eigenvalue weighted by Gasteiger charge is -2.22. The average Bonchev–Trinajstić information content (AvgIpc) is 1.71. The Kier molecular flexibility index (Phi) is 25.7. The molecule has 3 aliphatic rings. The van der Waals surface area contributed by atoms with Crippen molar-refractivity contribution in [2.24, 2.45) is 0 Å². The minimum absolute atomic E-state index is 0.144. The molecule has 0 saturated heterocycles. The molecule has 3 N–H and O–H groups in total. The zero-order valence-corrected chi connectivity index (χ0v) is 54.7. The fourth-order valence-electron chi connectivity index (χ4n) is 11.6. The van der Waals surface area contributed by atoms with Crippen molar-refractivity contribution in [3.63, 3.8) is 0 Å². The second-order valence-electron chi connectivity index (χ2n) is 22.7. The van der Waals surface area contributed by atoms with E-state index in [2.05, 4.69) is 16.0 Å². The lowest BCUT2D eigenvalue weighted by atomic mass is 9.96. The van der Waals surface area contributed by atoms with Gasteiger partial charge in [0.15, 0.2) is 0 Å². The molecule has 0 aromatic heterocycles. The molecule has 0 aliphatic carbocycles. The molecule has 3 atom stereocenters. The molecule has 0 spiro atoms. The van der Waals surface area contributed by atoms with Gasteiger partial charge in [0.25, 0.3) is 30.1 Å². The van der Waals surface area contributed by atoms with E-state index in [0.29, 0.717) is 14.7 Å². The summed E-state index contributed by atoms with van der Waals surface area (Å²) in [6.45, 7) is 13.6. The number of unbranched alkanes of at least 4 members (excludes halogenated alkanes) is 10. The lowest BCUT2D eigenvalue weighted by molar-refractivity contribution is 0.143. The van der Waals surface area contributed by atoms with Gasteiger partial charge in [-0.05, 0) is 172 Å². The first-order valence-electron chi connectivity index (χ1n) is 30.7. The number of fused-ring (bicyclic) bond motifs is 6. The summed E-state index contributed by atoms with van der Waals surface area (Å²) in [7, 11) is -2.39. The molecule has 0 radical (unpaired) electrons. The van der Waals surface area contributed by atoms with E-state index in [9.17, 15) is 25.3 Å². The highest BCUT2D eigenvalue weighted by molar-refractivity contribution is 7.93. The molecule has 0 saturated carbocycles. The van der Waals surface area contributed by atoms with Crippen LogP contribution in [0.4, 0.5) is 17.1 Å². The maximum absolute atomic E-state index is 13.3. The average molecular weight is 1240 g/mol. The van der Waals surface area contributed by atoms with Gasteiger partial charge in [0, 0.05) is 61.8 Å². The van der Waals surface area contributed by atoms with E-state index < -0.39 is 30.1 Å². The van der Waals surface area contributed by atoms with Crippen LogP contribution in [-0.4, -0.2) is 107 Å². The van der Waals surface area contributed by atoms with Crippen LogP contribution in [0.5, 0.6) is 0 Å². The minimum Gasteiger partial charge on any atom is -0.385 e. The van der Waals surface area contributed by atoms with Gasteiger partial charge in [-0.2, -0.15) is 0 Å². The summed E-state index contributed by atoms with van der Waals surface area (Å²) >= 11 is 0. The van der Waals surface area contributed by atoms with Crippen molar-refractivity contribution in [3.8, 4) is 0 Å². The molecule has 0 fully saturated rings. The molecule has 3 aliphatic heterocycles. The molecule has 15 nitrogen and oxygen atoms in total. The van der Waals surface area contributed by atoms with Crippen LogP contribution >= 0.6 is 0 Å². The Balaban J connectivity index is 0.000000185. The smallest absolute Gasteiger partial charge is 0.264 e. The highest BCUT2D eigenvalue weighted by Crippen LogP contribution is 2.43. The molecule has 9 rings (SSSR count). The highest BCUT2D eigenvalue weighted by Gasteiger charge is 2.38. The number of methoxy groups -OCH3 is 2. The van der Waals surface area contributed by atoms with Crippen LogP contribution in [0.25, 0.3) is 0 Å². The molecule has 468 valence electrons. The summed E-state index contributed by atoms with van der Waals surface area (Å²) in [5.41, 5.74) is 10.5. The zero-order chi connectivity index (χ0) is 61.9. The lowest BCUT2D eigenvalue weighted by Crippen LogP contribution is -2.26. The van der Waals surface area contributed by atoms with Crippen LogP contribution in [0.2, 0.25) is 0 Å². The molecule has 0 bridgehead atoms. The molecular formula is C68H94N6O9S3. The summed E-state index contributed by atoms with van der Waals surface area (Å²) in [4.78, 5) is 1.18. The number of hydrogen-bond acceptors (Lipinski definition) is 12. The molecule has 3 unspecified atom stereocenters. The number of para-hydroxylation sites is 3. The van der Waals surface area contributed by atoms with Crippen molar-refractivity contribution in [1.29, 1.82) is 0 Å². The number of rotatable bonds is 26. The first-order chi connectivity index (χ1) is 41.4. The molecular weight excluding hydrogens is 1140 g/mol. The SMILES string of the molecule is CCOCCCCCCNC1c2ccccc2N(C)S(=O)(=O)c2cc(C)ccc21.COCCCCCCCNC1c2ccccc2N(C)S(=O)(=O)c2cc(C)ccc21.COCCCCCCNC1c2ccccc2N(C)S(=O)(=O)c2cc(C)ccc21. The fraction of sp³-hybridized carbons (Fsp3) is 0.471. The van der Waals surface area contributed by atoms with E-state index in [1.165, 1.54) is 25.8 Å². The Morgan fingerprint density at radius 3 is 0.953 bits per heavy atom. The van der Waals surface area contributed by atoms with E-state index >= 15 is 0 Å². The Labute approximate surface area is 515 Å². The molecule has 18 heteroatoms. The zero-order valence-electron chi connectivity index (χ0n) is 52.2. The molecule has 0 amide bonds. The van der Waals surface area contributed by atoms with E-state index in [1.807, 2.05) is 137 Å². The van der Waals surface area contributed by atoms with Gasteiger partial charge >= 0.3 is 0 Å². The van der Waals surface area contributed by atoms with E-state index in [1.54, 1.807) is 53.6 Å². The third-order valence-electron chi connectivity index (χ3n) is 16.4. The summed E-state index contributed by atoms with van der Waals surface area (Å²) in [5, 5.41) is 10.9. The second kappa shape index (κ2) is 32.5. The Bertz CT molecular complexity index is 3340. The van der Waals surface area contributed by atoms with Gasteiger partial charge in [-0.15, -0.1) is 0 Å². The van der Waals surface area contributed by atoms with Gasteiger partial charge in [0.2, 0.25) is 0 Å². The monoisotopic (exact) mass is 1230 g/mol. The maximum Gasteiger partial charge on any atom is 0.264 e. The van der Waals surface area contributed by atoms with Gasteiger partial charge in [0.1, 0.15) is 0 Å². The predicted octanol–water partition coefficient (Wildman–Crippen LogP) is 12.8. The predicted molar refractivity (Wildman–Crippen MR) is 349 cm³/mol. The van der Waals surface area contributed by atoms with Gasteiger partial charge in [-0.3, -0.25) is 12.9 Å². The van der Waals surface area contributed by atoms with Gasteiger partial charge < -0.3 is 30.2 Å². The Hall–Kier alpha value is -5.67. The molecule has 86 heavy (non-hydrogen) atoms. The number of benzene rings is 6. The first-order valence-corrected chi connectivity index (χ1v) is 35.0. The van der Waals surface area contributed by atoms with E-state index in [4.69, 9.17) is 14.2 Å². The number of aryl methyl sites for hydroxylation is 3. The van der Waals surface area contributed by atoms with Crippen LogP contribution in [0.15, 0.2) is 142 Å². The van der Waals surface area contributed by atoms with Crippen LogP contribution in [0.1, 0.15) is 159 Å². The van der Waals surface area contributed by atoms with Gasteiger partial charge in [0.05, 0.1) is 49.9 Å². The van der Waals surface area contributed by atoms with Crippen molar-refractivity contribution in [3.05, 3.63) is 177 Å². The first kappa shape index (κ1) is 67.8. The third kappa shape index (κ3) is 16.7. The van der Waals surface area contributed by atoms with Crippen molar-refractivity contribution in [2.75, 3.05) is 94.3 Å². The van der Waals surface area contributed by atoms with Crippen molar-refractivity contribution >= 4 is 47.1 Å². The third-order valence-corrected chi connectivity index (χ3v) is 21.9. The number of hydrogen-bond donors (Lipinski definition) is 3. The largest absolute Gasteiger partial charge is 0.385 e. The number of sulfonamides is 3. The maximum atomic E-state index is 13.3. The minimum atomic E-state index is -3.59. The Morgan fingerprint density at radius 2 is 0.651 bits per heavy atom. The number of anilines is 3. The summed E-state index contributed by atoms with van der Waals surface area (Å²) in [6, 6.07) is 40.1. The van der Waals surface area contributed by atoms with Gasteiger partial charge in [-0.25, -0.2) is 25.3 Å². The summed E-state index contributed by atoms with van der Waals surface area (Å²) in [6.07, 6.45) is 14.5. The standard InChI is InChI=1S/2C23H32N2O3S.C22H30N2O3S/c1-18-13-14-20-22(17-18)29(26,27)25(2)21-12-8-7-11-19(21)23(20)24-15-9-5-4-6-10-16-28-3;1-4-28-16-10-6-5-9-15-24-23-19-11-7-8-12-21(19)25(3)29(26,27)22-17-18(2)13-14-20(22)23;1-17-12-13-19-21(16-17)28(25,26)24(2)20-11-7-6-10-18(20)22(19)23-14-8-4-5-9-15-27-3/h2*7-8,11-14,17,23-24H,4-6,9-10,15-16H2,1-3H3;6-7,10-13,16,22-23H,4-5,8-9,14-15H2,1-3H3. The summed E-state index contributed by atoms with van der Waals surface area (Å²) in [5.74, 6) is 0. The second-order valence-corrected chi connectivity index (χ2v) is 28.5. The topological polar surface area (TPSA) is 176 Å². The van der Waals surface area contributed by atoms with Crippen molar-refractivity contribution in [1.82, 2.24) is 16.0 Å². The number of nitrogens with one attached hydrogen (secondary N) is 3. The van der Waals surface area contributed by atoms with E-state index in [0.717, 1.165) is 184 Å².